The average Bonchev–Trinajstić information content (AvgIpc) is 2.60. The Balaban J connectivity index is 2.11. The molecule has 0 aliphatic rings. The lowest BCUT2D eigenvalue weighted by Gasteiger charge is -2.09. The lowest BCUT2D eigenvalue weighted by molar-refractivity contribution is -0.385. The lowest BCUT2D eigenvalue weighted by atomic mass is 10.1. The molecule has 7 nitrogen and oxygen atoms in total. The Bertz CT molecular complexity index is 812. The first-order valence-electron chi connectivity index (χ1n) is 7.34. The molecule has 2 N–H and O–H groups in total. The van der Waals surface area contributed by atoms with E-state index in [1.54, 1.807) is 24.3 Å². The average molecular weight is 324 g/mol. The number of rotatable bonds is 6. The number of hydrogen-bond acceptors (Lipinski definition) is 5. The fourth-order valence-electron chi connectivity index (χ4n) is 2.18. The van der Waals surface area contributed by atoms with Gasteiger partial charge >= 0.3 is 0 Å². The highest BCUT2D eigenvalue weighted by Gasteiger charge is 2.13. The zero-order valence-electron chi connectivity index (χ0n) is 13.1. The maximum atomic E-state index is 11.8. The lowest BCUT2D eigenvalue weighted by Crippen LogP contribution is -2.22. The second kappa shape index (κ2) is 7.74. The fraction of sp³-hybridized carbons (Fsp3) is 0.176. The van der Waals surface area contributed by atoms with Crippen molar-refractivity contribution in [2.45, 2.75) is 13.5 Å². The molecule has 0 aromatic heterocycles. The van der Waals surface area contributed by atoms with E-state index in [2.05, 4.69) is 10.6 Å². The molecule has 0 atom stereocenters. The molecule has 0 bridgehead atoms. The molecule has 24 heavy (non-hydrogen) atoms. The van der Waals surface area contributed by atoms with Crippen LogP contribution in [0.25, 0.3) is 0 Å². The van der Waals surface area contributed by atoms with Gasteiger partial charge in [-0.1, -0.05) is 12.1 Å². The molecule has 0 fully saturated rings. The standard InChI is InChI=1S/C17H16N4O3/c1-2-19-17(22)13-5-3-4-12(8-13)11-20-15-6-7-16(21(23)24)14(9-15)10-18/h3-9,20H,2,11H2,1H3,(H,19,22). The van der Waals surface area contributed by atoms with Crippen molar-refractivity contribution in [3.05, 3.63) is 69.3 Å². The molecule has 122 valence electrons. The summed E-state index contributed by atoms with van der Waals surface area (Å²) >= 11 is 0. The molecule has 2 rings (SSSR count). The monoisotopic (exact) mass is 324 g/mol. The van der Waals surface area contributed by atoms with E-state index in [1.807, 2.05) is 19.1 Å². The molecule has 0 saturated heterocycles. The molecule has 0 heterocycles. The zero-order valence-corrected chi connectivity index (χ0v) is 13.1. The topological polar surface area (TPSA) is 108 Å². The molecular formula is C17H16N4O3. The van der Waals surface area contributed by atoms with E-state index in [0.717, 1.165) is 5.56 Å². The maximum Gasteiger partial charge on any atom is 0.287 e. The van der Waals surface area contributed by atoms with E-state index in [-0.39, 0.29) is 17.2 Å². The summed E-state index contributed by atoms with van der Waals surface area (Å²) in [5, 5.41) is 25.7. The van der Waals surface area contributed by atoms with Gasteiger partial charge in [0, 0.05) is 30.4 Å². The van der Waals surface area contributed by atoms with Gasteiger partial charge in [-0.3, -0.25) is 14.9 Å². The third-order valence-corrected chi connectivity index (χ3v) is 3.34. The highest BCUT2D eigenvalue weighted by molar-refractivity contribution is 5.94. The molecule has 0 saturated carbocycles. The number of carbonyl (C=O) groups is 1. The Hall–Kier alpha value is -3.40. The normalized spacial score (nSPS) is 9.83. The summed E-state index contributed by atoms with van der Waals surface area (Å²) in [5.74, 6) is -0.138. The Morgan fingerprint density at radius 1 is 1.29 bits per heavy atom. The van der Waals surface area contributed by atoms with E-state index in [0.29, 0.717) is 24.3 Å². The summed E-state index contributed by atoms with van der Waals surface area (Å²) in [5.41, 5.74) is 1.83. The molecule has 1 amide bonds. The molecule has 2 aromatic carbocycles. The van der Waals surface area contributed by atoms with Gasteiger partial charge in [0.05, 0.1) is 4.92 Å². The van der Waals surface area contributed by atoms with Crippen molar-refractivity contribution in [1.29, 1.82) is 5.26 Å². The molecule has 0 aliphatic heterocycles. The van der Waals surface area contributed by atoms with Crippen LogP contribution in [-0.2, 0) is 6.54 Å². The predicted octanol–water partition coefficient (Wildman–Crippen LogP) is 2.83. The Labute approximate surface area is 139 Å². The fourth-order valence-corrected chi connectivity index (χ4v) is 2.18. The number of benzene rings is 2. The van der Waals surface area contributed by atoms with Crippen LogP contribution < -0.4 is 10.6 Å². The highest BCUT2D eigenvalue weighted by atomic mass is 16.6. The summed E-state index contributed by atoms with van der Waals surface area (Å²) in [7, 11) is 0. The van der Waals surface area contributed by atoms with Crippen LogP contribution in [-0.4, -0.2) is 17.4 Å². The van der Waals surface area contributed by atoms with E-state index in [1.165, 1.54) is 12.1 Å². The minimum absolute atomic E-state index is 0.000995. The van der Waals surface area contributed by atoms with Gasteiger partial charge in [0.25, 0.3) is 11.6 Å². The highest BCUT2D eigenvalue weighted by Crippen LogP contribution is 2.22. The number of nitriles is 1. The molecule has 0 spiro atoms. The first-order chi connectivity index (χ1) is 11.5. The van der Waals surface area contributed by atoms with Crippen molar-refractivity contribution < 1.29 is 9.72 Å². The summed E-state index contributed by atoms with van der Waals surface area (Å²) in [6.45, 7) is 2.83. The third-order valence-electron chi connectivity index (χ3n) is 3.34. The van der Waals surface area contributed by atoms with E-state index in [9.17, 15) is 14.9 Å². The quantitative estimate of drug-likeness (QED) is 0.627. The molecular weight excluding hydrogens is 308 g/mol. The van der Waals surface area contributed by atoms with Crippen molar-refractivity contribution in [3.63, 3.8) is 0 Å². The van der Waals surface area contributed by atoms with Crippen LogP contribution in [0, 0.1) is 21.4 Å². The van der Waals surface area contributed by atoms with Gasteiger partial charge in [0.1, 0.15) is 11.6 Å². The Morgan fingerprint density at radius 2 is 2.08 bits per heavy atom. The van der Waals surface area contributed by atoms with E-state index >= 15 is 0 Å². The predicted molar refractivity (Wildman–Crippen MR) is 89.6 cm³/mol. The van der Waals surface area contributed by atoms with Crippen LogP contribution in [0.2, 0.25) is 0 Å². The Kier molecular flexibility index (Phi) is 5.47. The van der Waals surface area contributed by atoms with Crippen LogP contribution in [0.4, 0.5) is 11.4 Å². The third kappa shape index (κ3) is 4.08. The van der Waals surface area contributed by atoms with E-state index in [4.69, 9.17) is 5.26 Å². The largest absolute Gasteiger partial charge is 0.381 e. The first-order valence-corrected chi connectivity index (χ1v) is 7.34. The van der Waals surface area contributed by atoms with Crippen molar-refractivity contribution in [2.75, 3.05) is 11.9 Å². The van der Waals surface area contributed by atoms with Gasteiger partial charge < -0.3 is 10.6 Å². The number of nitrogens with one attached hydrogen (secondary N) is 2. The van der Waals surface area contributed by atoms with Gasteiger partial charge in [-0.25, -0.2) is 0 Å². The van der Waals surface area contributed by atoms with E-state index < -0.39 is 4.92 Å². The van der Waals surface area contributed by atoms with Crippen LogP contribution >= 0.6 is 0 Å². The summed E-state index contributed by atoms with van der Waals surface area (Å²) in [6.07, 6.45) is 0. The molecule has 0 radical (unpaired) electrons. The van der Waals surface area contributed by atoms with Crippen LogP contribution in [0.15, 0.2) is 42.5 Å². The number of hydrogen-bond donors (Lipinski definition) is 2. The van der Waals surface area contributed by atoms with Gasteiger partial charge in [-0.2, -0.15) is 5.26 Å². The Morgan fingerprint density at radius 3 is 2.75 bits per heavy atom. The van der Waals surface area contributed by atoms with Crippen molar-refractivity contribution in [1.82, 2.24) is 5.32 Å². The van der Waals surface area contributed by atoms with Crippen molar-refractivity contribution in [3.8, 4) is 6.07 Å². The summed E-state index contributed by atoms with van der Waals surface area (Å²) in [6, 6.07) is 13.3. The summed E-state index contributed by atoms with van der Waals surface area (Å²) < 4.78 is 0. The zero-order chi connectivity index (χ0) is 17.5. The second-order valence-electron chi connectivity index (χ2n) is 5.01. The second-order valence-corrected chi connectivity index (χ2v) is 5.01. The van der Waals surface area contributed by atoms with Crippen LogP contribution in [0.5, 0.6) is 0 Å². The minimum atomic E-state index is -0.585. The number of nitro benzene ring substituents is 1. The minimum Gasteiger partial charge on any atom is -0.381 e. The van der Waals surface area contributed by atoms with Gasteiger partial charge in [0.15, 0.2) is 0 Å². The number of anilines is 1. The number of amides is 1. The smallest absolute Gasteiger partial charge is 0.287 e. The molecule has 0 unspecified atom stereocenters. The van der Waals surface area contributed by atoms with Crippen molar-refractivity contribution in [2.24, 2.45) is 0 Å². The number of carbonyl (C=O) groups excluding carboxylic acids is 1. The molecule has 2 aromatic rings. The SMILES string of the molecule is CCNC(=O)c1cccc(CNc2ccc([N+](=O)[O-])c(C#N)c2)c1. The van der Waals surface area contributed by atoms with Crippen LogP contribution in [0.1, 0.15) is 28.4 Å². The first kappa shape index (κ1) is 17.0. The molecule has 0 aliphatic carbocycles. The summed E-state index contributed by atoms with van der Waals surface area (Å²) in [4.78, 5) is 22.1. The number of nitrogens with zero attached hydrogens (tertiary/aromatic N) is 2. The molecule has 7 heteroatoms. The maximum absolute atomic E-state index is 11.8. The van der Waals surface area contributed by atoms with Gasteiger partial charge in [-0.05, 0) is 36.8 Å². The van der Waals surface area contributed by atoms with Gasteiger partial charge in [0.2, 0.25) is 0 Å². The van der Waals surface area contributed by atoms with Crippen LogP contribution in [0.3, 0.4) is 0 Å². The van der Waals surface area contributed by atoms with Crippen molar-refractivity contribution >= 4 is 17.3 Å². The van der Waals surface area contributed by atoms with Gasteiger partial charge in [-0.15, -0.1) is 0 Å². The number of nitro groups is 1.